The topological polar surface area (TPSA) is 84.4 Å². The van der Waals surface area contributed by atoms with E-state index in [1.165, 1.54) is 37.2 Å². The highest BCUT2D eigenvalue weighted by Crippen LogP contribution is 2.36. The van der Waals surface area contributed by atoms with E-state index in [4.69, 9.17) is 8.94 Å². The first-order chi connectivity index (χ1) is 13.3. The summed E-state index contributed by atoms with van der Waals surface area (Å²) in [5.74, 6) is 3.89. The zero-order valence-electron chi connectivity index (χ0n) is 15.5. The summed E-state index contributed by atoms with van der Waals surface area (Å²) in [7, 11) is 0. The van der Waals surface area contributed by atoms with E-state index in [2.05, 4.69) is 20.4 Å². The van der Waals surface area contributed by atoms with Crippen LogP contribution in [0.3, 0.4) is 0 Å². The third kappa shape index (κ3) is 4.38. The van der Waals surface area contributed by atoms with Crippen molar-refractivity contribution in [2.75, 3.05) is 31.1 Å². The Morgan fingerprint density at radius 3 is 2.85 bits per heavy atom. The van der Waals surface area contributed by atoms with Crippen LogP contribution in [0.2, 0.25) is 0 Å². The summed E-state index contributed by atoms with van der Waals surface area (Å²) < 4.78 is 10.5. The molecule has 1 aliphatic heterocycles. The molecule has 3 heterocycles. The van der Waals surface area contributed by atoms with Crippen LogP contribution in [0.5, 0.6) is 0 Å². The van der Waals surface area contributed by atoms with Gasteiger partial charge in [0.25, 0.3) is 0 Å². The van der Waals surface area contributed by atoms with Gasteiger partial charge in [0.2, 0.25) is 17.6 Å². The van der Waals surface area contributed by atoms with Crippen LogP contribution < -0.4 is 5.32 Å². The van der Waals surface area contributed by atoms with E-state index in [1.807, 2.05) is 11.8 Å². The number of aryl methyl sites for hydroxylation is 1. The number of furan rings is 1. The predicted octanol–water partition coefficient (Wildman–Crippen LogP) is 2.74. The van der Waals surface area contributed by atoms with E-state index in [-0.39, 0.29) is 11.4 Å². The Morgan fingerprint density at radius 2 is 2.11 bits per heavy atom. The van der Waals surface area contributed by atoms with Crippen molar-refractivity contribution in [3.05, 3.63) is 24.3 Å². The molecule has 1 saturated heterocycles. The van der Waals surface area contributed by atoms with Crippen molar-refractivity contribution in [1.82, 2.24) is 20.4 Å². The van der Waals surface area contributed by atoms with Crippen LogP contribution in [0.25, 0.3) is 11.6 Å². The number of carbonyl (C=O) groups excluding carboxylic acids is 1. The van der Waals surface area contributed by atoms with Crippen LogP contribution in [-0.4, -0.2) is 57.6 Å². The number of hydrogen-bond acceptors (Lipinski definition) is 7. The minimum Gasteiger partial charge on any atom is -0.461 e. The molecule has 1 amide bonds. The molecular formula is C19H26N4O3S. The van der Waals surface area contributed by atoms with E-state index in [1.54, 1.807) is 18.4 Å². The van der Waals surface area contributed by atoms with E-state index in [0.29, 0.717) is 30.3 Å². The molecular weight excluding hydrogens is 364 g/mol. The van der Waals surface area contributed by atoms with Crippen LogP contribution in [0.4, 0.5) is 0 Å². The molecule has 0 unspecified atom stereocenters. The van der Waals surface area contributed by atoms with Crippen LogP contribution in [0.15, 0.2) is 27.3 Å². The van der Waals surface area contributed by atoms with Gasteiger partial charge in [-0.05, 0) is 25.0 Å². The fraction of sp³-hybridized carbons (Fsp3) is 0.632. The van der Waals surface area contributed by atoms with Crippen molar-refractivity contribution in [3.63, 3.8) is 0 Å². The molecule has 0 aromatic carbocycles. The van der Waals surface area contributed by atoms with Gasteiger partial charge in [0.05, 0.1) is 6.26 Å². The average Bonchev–Trinajstić information content (AvgIpc) is 3.47. The molecule has 27 heavy (non-hydrogen) atoms. The maximum Gasteiger partial charge on any atom is 0.238 e. The van der Waals surface area contributed by atoms with Gasteiger partial charge in [-0.3, -0.25) is 9.69 Å². The normalized spacial score (nSPS) is 20.0. The van der Waals surface area contributed by atoms with E-state index < -0.39 is 0 Å². The summed E-state index contributed by atoms with van der Waals surface area (Å²) in [5, 5.41) is 7.07. The standard InChI is InChI=1S/C19H26N4O3S/c24-16(5-6-17-21-18(22-26-17)15-4-3-11-25-15)20-14-19(7-1-2-8-19)23-9-12-27-13-10-23/h3-4,11H,1-2,5-10,12-14H2,(H,20,24). The highest BCUT2D eigenvalue weighted by Gasteiger charge is 2.40. The van der Waals surface area contributed by atoms with Crippen molar-refractivity contribution in [2.45, 2.75) is 44.1 Å². The smallest absolute Gasteiger partial charge is 0.238 e. The molecule has 1 aliphatic carbocycles. The number of thioether (sulfide) groups is 1. The lowest BCUT2D eigenvalue weighted by Crippen LogP contribution is -2.56. The quantitative estimate of drug-likeness (QED) is 0.778. The minimum atomic E-state index is 0.0467. The third-order valence-electron chi connectivity index (χ3n) is 5.61. The van der Waals surface area contributed by atoms with E-state index in [0.717, 1.165) is 19.6 Å². The zero-order chi connectivity index (χ0) is 18.5. The van der Waals surface area contributed by atoms with Crippen molar-refractivity contribution in [3.8, 4) is 11.6 Å². The summed E-state index contributed by atoms with van der Waals surface area (Å²) in [6.07, 6.45) is 7.26. The summed E-state index contributed by atoms with van der Waals surface area (Å²) >= 11 is 2.03. The van der Waals surface area contributed by atoms with Gasteiger partial charge in [0.1, 0.15) is 0 Å². The van der Waals surface area contributed by atoms with Crippen LogP contribution in [0.1, 0.15) is 38.0 Å². The molecule has 4 rings (SSSR count). The molecule has 2 aromatic heterocycles. The second kappa shape index (κ2) is 8.48. The van der Waals surface area contributed by atoms with Gasteiger partial charge >= 0.3 is 0 Å². The average molecular weight is 391 g/mol. The zero-order valence-corrected chi connectivity index (χ0v) is 16.3. The monoisotopic (exact) mass is 390 g/mol. The maximum atomic E-state index is 12.4. The largest absolute Gasteiger partial charge is 0.461 e. The summed E-state index contributed by atoms with van der Waals surface area (Å²) in [5.41, 5.74) is 0.160. The first-order valence-electron chi connectivity index (χ1n) is 9.71. The first-order valence-corrected chi connectivity index (χ1v) is 10.9. The molecule has 2 fully saturated rings. The van der Waals surface area contributed by atoms with Crippen molar-refractivity contribution >= 4 is 17.7 Å². The molecule has 2 aliphatic rings. The van der Waals surface area contributed by atoms with Crippen molar-refractivity contribution in [2.24, 2.45) is 0 Å². The lowest BCUT2D eigenvalue weighted by atomic mass is 9.94. The second-order valence-electron chi connectivity index (χ2n) is 7.30. The number of hydrogen-bond donors (Lipinski definition) is 1. The van der Waals surface area contributed by atoms with Crippen molar-refractivity contribution in [1.29, 1.82) is 0 Å². The number of carbonyl (C=O) groups is 1. The number of amides is 1. The van der Waals surface area contributed by atoms with Crippen LogP contribution >= 0.6 is 11.8 Å². The molecule has 0 radical (unpaired) electrons. The fourth-order valence-corrected chi connectivity index (χ4v) is 5.01. The third-order valence-corrected chi connectivity index (χ3v) is 6.55. The molecule has 0 atom stereocenters. The number of rotatable bonds is 7. The predicted molar refractivity (Wildman–Crippen MR) is 103 cm³/mol. The Kier molecular flexibility index (Phi) is 5.83. The van der Waals surface area contributed by atoms with Gasteiger partial charge < -0.3 is 14.3 Å². The SMILES string of the molecule is O=C(CCc1nc(-c2ccco2)no1)NCC1(N2CCSCC2)CCCC1. The second-order valence-corrected chi connectivity index (χ2v) is 8.52. The molecule has 8 heteroatoms. The summed E-state index contributed by atoms with van der Waals surface area (Å²) in [4.78, 5) is 19.3. The highest BCUT2D eigenvalue weighted by molar-refractivity contribution is 7.99. The van der Waals surface area contributed by atoms with Crippen LogP contribution in [0, 0.1) is 0 Å². The summed E-state index contributed by atoms with van der Waals surface area (Å²) in [6, 6.07) is 3.56. The van der Waals surface area contributed by atoms with Gasteiger partial charge in [-0.25, -0.2) is 0 Å². The molecule has 0 spiro atoms. The molecule has 1 N–H and O–H groups in total. The lowest BCUT2D eigenvalue weighted by molar-refractivity contribution is -0.121. The Balaban J connectivity index is 1.27. The van der Waals surface area contributed by atoms with Crippen LogP contribution in [-0.2, 0) is 11.2 Å². The van der Waals surface area contributed by atoms with E-state index >= 15 is 0 Å². The Bertz CT molecular complexity index is 734. The Labute approximate surface area is 163 Å². The Morgan fingerprint density at radius 1 is 1.30 bits per heavy atom. The highest BCUT2D eigenvalue weighted by atomic mass is 32.2. The molecule has 1 saturated carbocycles. The van der Waals surface area contributed by atoms with Gasteiger partial charge in [-0.1, -0.05) is 18.0 Å². The lowest BCUT2D eigenvalue weighted by Gasteiger charge is -2.43. The molecule has 2 aromatic rings. The van der Waals surface area contributed by atoms with E-state index in [9.17, 15) is 4.79 Å². The first kappa shape index (κ1) is 18.6. The Hall–Kier alpha value is -1.80. The van der Waals surface area contributed by atoms with Gasteiger partial charge in [0, 0.05) is 49.5 Å². The number of nitrogens with zero attached hydrogens (tertiary/aromatic N) is 3. The fourth-order valence-electron chi connectivity index (χ4n) is 4.11. The minimum absolute atomic E-state index is 0.0467. The maximum absolute atomic E-state index is 12.4. The number of nitrogens with one attached hydrogen (secondary N) is 1. The van der Waals surface area contributed by atoms with Crippen molar-refractivity contribution < 1.29 is 13.7 Å². The van der Waals surface area contributed by atoms with Gasteiger partial charge in [-0.2, -0.15) is 16.7 Å². The summed E-state index contributed by atoms with van der Waals surface area (Å²) in [6.45, 7) is 3.02. The number of aromatic nitrogens is 2. The molecule has 146 valence electrons. The molecule has 0 bridgehead atoms. The van der Waals surface area contributed by atoms with Gasteiger partial charge in [-0.15, -0.1) is 0 Å². The van der Waals surface area contributed by atoms with Gasteiger partial charge in [0.15, 0.2) is 5.76 Å². The molecule has 7 nitrogen and oxygen atoms in total.